The van der Waals surface area contributed by atoms with Gasteiger partial charge in [-0.15, -0.1) is 10.2 Å². The summed E-state index contributed by atoms with van der Waals surface area (Å²) in [4.78, 5) is 36.4. The van der Waals surface area contributed by atoms with Crippen molar-refractivity contribution in [1.82, 2.24) is 29.6 Å². The topological polar surface area (TPSA) is 158 Å². The Morgan fingerprint density at radius 3 is 2.52 bits per heavy atom. The van der Waals surface area contributed by atoms with E-state index in [1.54, 1.807) is 31.3 Å². The second kappa shape index (κ2) is 12.2. The monoisotopic (exact) mass is 633 g/mol. The molecule has 3 aromatic heterocycles. The molecule has 13 nitrogen and oxygen atoms in total. The number of sulfone groups is 1. The summed E-state index contributed by atoms with van der Waals surface area (Å²) in [5.74, 6) is -0.304. The summed E-state index contributed by atoms with van der Waals surface area (Å²) in [6.45, 7) is 1.44. The number of hydrogen-bond donors (Lipinski definition) is 1. The molecule has 42 heavy (non-hydrogen) atoms. The molecule has 4 heterocycles. The average molecular weight is 635 g/mol. The molecule has 4 aromatic rings. The maximum absolute atomic E-state index is 13.2. The molecule has 1 saturated heterocycles. The summed E-state index contributed by atoms with van der Waals surface area (Å²) in [5, 5.41) is 12.2. The molecule has 0 atom stereocenters. The number of pyridine rings is 1. The molecule has 0 saturated carbocycles. The number of hydrogen-bond acceptors (Lipinski definition) is 12. The summed E-state index contributed by atoms with van der Waals surface area (Å²) >= 11 is 12.7. The van der Waals surface area contributed by atoms with Gasteiger partial charge in [0.05, 0.1) is 34.2 Å². The van der Waals surface area contributed by atoms with Crippen LogP contribution in [0.3, 0.4) is 0 Å². The van der Waals surface area contributed by atoms with Gasteiger partial charge in [-0.25, -0.2) is 18.2 Å². The molecule has 220 valence electrons. The predicted octanol–water partition coefficient (Wildman–Crippen LogP) is 2.73. The van der Waals surface area contributed by atoms with Crippen LogP contribution in [0.2, 0.25) is 10.0 Å². The van der Waals surface area contributed by atoms with Crippen molar-refractivity contribution in [3.63, 3.8) is 0 Å². The van der Waals surface area contributed by atoms with Crippen molar-refractivity contribution in [2.24, 2.45) is 7.05 Å². The maximum atomic E-state index is 13.2. The first-order chi connectivity index (χ1) is 20.1. The number of aromatic nitrogens is 5. The minimum Gasteiger partial charge on any atom is -0.475 e. The van der Waals surface area contributed by atoms with E-state index in [9.17, 15) is 18.0 Å². The van der Waals surface area contributed by atoms with Gasteiger partial charge in [0.15, 0.2) is 15.7 Å². The van der Waals surface area contributed by atoms with E-state index in [1.807, 2.05) is 4.90 Å². The highest BCUT2D eigenvalue weighted by Gasteiger charge is 2.23. The van der Waals surface area contributed by atoms with E-state index in [0.717, 1.165) is 0 Å². The van der Waals surface area contributed by atoms with Crippen LogP contribution in [0.5, 0.6) is 5.88 Å². The number of nitrogens with zero attached hydrogens (tertiary/aromatic N) is 6. The molecule has 0 unspecified atom stereocenters. The standard InChI is InChI=1S/C26H25Cl2N7O6S/c1-34-22-15(12-16(24(34)36)21-18(27)4-3-5-19(21)28)14-29-26(31-22)30-20-13-17(25(37)40-2)23(33-32-20)41-9-6-35-7-10-42(38,39)11-8-35/h3-5,12-14H,6-11H2,1-2H3,(H,29,30,31,32). The highest BCUT2D eigenvalue weighted by molar-refractivity contribution is 7.91. The van der Waals surface area contributed by atoms with Crippen molar-refractivity contribution in [2.45, 2.75) is 0 Å². The molecule has 0 amide bonds. The molecule has 1 N–H and O–H groups in total. The molecule has 1 aliphatic heterocycles. The Balaban J connectivity index is 1.36. The van der Waals surface area contributed by atoms with Gasteiger partial charge in [-0.05, 0) is 18.2 Å². The Hall–Kier alpha value is -3.85. The quantitative estimate of drug-likeness (QED) is 0.283. The lowest BCUT2D eigenvalue weighted by atomic mass is 10.1. The lowest BCUT2D eigenvalue weighted by molar-refractivity contribution is 0.0593. The fourth-order valence-corrected chi connectivity index (χ4v) is 6.28. The number of rotatable bonds is 8. The van der Waals surface area contributed by atoms with E-state index in [2.05, 4.69) is 25.5 Å². The lowest BCUT2D eigenvalue weighted by Crippen LogP contribution is -2.42. The number of benzene rings is 1. The second-order valence-corrected chi connectivity index (χ2v) is 12.5. The molecule has 1 fully saturated rings. The first-order valence-electron chi connectivity index (χ1n) is 12.7. The first kappa shape index (κ1) is 29.6. The van der Waals surface area contributed by atoms with Crippen molar-refractivity contribution < 1.29 is 22.7 Å². The van der Waals surface area contributed by atoms with E-state index in [4.69, 9.17) is 32.7 Å². The highest BCUT2D eigenvalue weighted by atomic mass is 35.5. The zero-order valence-electron chi connectivity index (χ0n) is 22.5. The molecule has 1 aromatic carbocycles. The Kier molecular flexibility index (Phi) is 8.59. The average Bonchev–Trinajstić information content (AvgIpc) is 2.97. The Labute approximate surface area is 250 Å². The highest BCUT2D eigenvalue weighted by Crippen LogP contribution is 2.33. The Morgan fingerprint density at radius 1 is 1.12 bits per heavy atom. The van der Waals surface area contributed by atoms with Crippen molar-refractivity contribution >= 4 is 61.8 Å². The van der Waals surface area contributed by atoms with Gasteiger partial charge in [-0.1, -0.05) is 29.3 Å². The van der Waals surface area contributed by atoms with Crippen LogP contribution in [-0.2, 0) is 21.6 Å². The van der Waals surface area contributed by atoms with Crippen LogP contribution in [0.15, 0.2) is 41.3 Å². The number of esters is 1. The molecule has 0 aliphatic carbocycles. The van der Waals surface area contributed by atoms with Crippen LogP contribution in [0.4, 0.5) is 11.8 Å². The first-order valence-corrected chi connectivity index (χ1v) is 15.2. The fraction of sp³-hybridized carbons (Fsp3) is 0.308. The SMILES string of the molecule is COC(=O)c1cc(Nc2ncc3cc(-c4c(Cl)cccc4Cl)c(=O)n(C)c3n2)nnc1OCCN1CCS(=O)(=O)CC1. The number of aryl methyl sites for hydroxylation is 1. The molecule has 0 bridgehead atoms. The summed E-state index contributed by atoms with van der Waals surface area (Å²) in [7, 11) is -0.192. The zero-order chi connectivity index (χ0) is 30.0. The largest absolute Gasteiger partial charge is 0.475 e. The summed E-state index contributed by atoms with van der Waals surface area (Å²) in [6.07, 6.45) is 1.52. The number of fused-ring (bicyclic) bond motifs is 1. The number of halogens is 2. The van der Waals surface area contributed by atoms with E-state index in [0.29, 0.717) is 51.8 Å². The van der Waals surface area contributed by atoms with Crippen LogP contribution in [0.1, 0.15) is 10.4 Å². The summed E-state index contributed by atoms with van der Waals surface area (Å²) in [6, 6.07) is 8.01. The van der Waals surface area contributed by atoms with E-state index in [1.165, 1.54) is 23.9 Å². The van der Waals surface area contributed by atoms with Gasteiger partial charge in [-0.2, -0.15) is 4.98 Å². The van der Waals surface area contributed by atoms with Crippen LogP contribution >= 0.6 is 23.2 Å². The van der Waals surface area contributed by atoms with Gasteiger partial charge in [0.25, 0.3) is 5.56 Å². The van der Waals surface area contributed by atoms with E-state index in [-0.39, 0.29) is 46.9 Å². The van der Waals surface area contributed by atoms with Crippen molar-refractivity contribution in [2.75, 3.05) is 50.2 Å². The molecule has 1 aliphatic rings. The van der Waals surface area contributed by atoms with Crippen molar-refractivity contribution in [3.8, 4) is 17.0 Å². The number of carbonyl (C=O) groups is 1. The van der Waals surface area contributed by atoms with Gasteiger partial charge in [0, 0.05) is 49.9 Å². The second-order valence-electron chi connectivity index (χ2n) is 9.40. The fourth-order valence-electron chi connectivity index (χ4n) is 4.41. The minimum atomic E-state index is -2.99. The molecule has 0 radical (unpaired) electrons. The molecule has 0 spiro atoms. The van der Waals surface area contributed by atoms with Crippen molar-refractivity contribution in [3.05, 3.63) is 62.5 Å². The van der Waals surface area contributed by atoms with Crippen LogP contribution < -0.4 is 15.6 Å². The number of nitrogens with one attached hydrogen (secondary N) is 1. The molecular weight excluding hydrogens is 609 g/mol. The number of carbonyl (C=O) groups excluding carboxylic acids is 1. The third kappa shape index (κ3) is 6.31. The van der Waals surface area contributed by atoms with Gasteiger partial charge in [0.1, 0.15) is 17.8 Å². The number of anilines is 2. The van der Waals surface area contributed by atoms with Crippen LogP contribution in [0.25, 0.3) is 22.2 Å². The summed E-state index contributed by atoms with van der Waals surface area (Å²) in [5.41, 5.74) is 0.714. The van der Waals surface area contributed by atoms with Crippen molar-refractivity contribution in [1.29, 1.82) is 0 Å². The molecule has 16 heteroatoms. The number of methoxy groups -OCH3 is 1. The van der Waals surface area contributed by atoms with Gasteiger partial charge >= 0.3 is 5.97 Å². The lowest BCUT2D eigenvalue weighted by Gasteiger charge is -2.26. The zero-order valence-corrected chi connectivity index (χ0v) is 24.8. The minimum absolute atomic E-state index is 0.0191. The predicted molar refractivity (Wildman–Crippen MR) is 157 cm³/mol. The third-order valence-corrected chi connectivity index (χ3v) is 8.91. The normalized spacial score (nSPS) is 15.0. The van der Waals surface area contributed by atoms with E-state index < -0.39 is 15.8 Å². The summed E-state index contributed by atoms with van der Waals surface area (Å²) < 4.78 is 35.2. The molecular formula is C26H25Cl2N7O6S. The number of ether oxygens (including phenoxy) is 2. The molecule has 5 rings (SSSR count). The van der Waals surface area contributed by atoms with Gasteiger partial charge in [-0.3, -0.25) is 14.3 Å². The Bertz CT molecular complexity index is 1820. The van der Waals surface area contributed by atoms with Gasteiger partial charge < -0.3 is 14.8 Å². The van der Waals surface area contributed by atoms with Crippen LogP contribution in [-0.4, -0.2) is 88.9 Å². The maximum Gasteiger partial charge on any atom is 0.343 e. The smallest absolute Gasteiger partial charge is 0.343 e. The van der Waals surface area contributed by atoms with Gasteiger partial charge in [0.2, 0.25) is 11.8 Å². The Morgan fingerprint density at radius 2 is 1.83 bits per heavy atom. The van der Waals surface area contributed by atoms with E-state index >= 15 is 0 Å². The third-order valence-electron chi connectivity index (χ3n) is 6.67. The van der Waals surface area contributed by atoms with Crippen LogP contribution in [0, 0.1) is 0 Å².